The third-order valence-corrected chi connectivity index (χ3v) is 4.54. The fourth-order valence-corrected chi connectivity index (χ4v) is 2.55. The summed E-state index contributed by atoms with van der Waals surface area (Å²) in [5, 5.41) is 10.2. The van der Waals surface area contributed by atoms with Gasteiger partial charge >= 0.3 is 0 Å². The van der Waals surface area contributed by atoms with E-state index in [1.165, 1.54) is 3.57 Å². The van der Waals surface area contributed by atoms with E-state index in [9.17, 15) is 0 Å². The number of halogens is 1. The Hall–Kier alpha value is -0.530. The van der Waals surface area contributed by atoms with Crippen LogP contribution < -0.4 is 0 Å². The molecule has 5 heteroatoms. The van der Waals surface area contributed by atoms with Crippen LogP contribution in [0.1, 0.15) is 18.9 Å². The topological polar surface area (TPSA) is 35.0 Å². The third-order valence-electron chi connectivity index (χ3n) is 2.54. The lowest BCUT2D eigenvalue weighted by Gasteiger charge is -2.18. The highest BCUT2D eigenvalue weighted by atomic mass is 127. The van der Waals surface area contributed by atoms with Crippen LogP contribution in [0.2, 0.25) is 0 Å². The second-order valence-electron chi connectivity index (χ2n) is 4.13. The molecule has 0 bridgehead atoms. The molecule has 0 aliphatic rings. The van der Waals surface area contributed by atoms with Gasteiger partial charge in [-0.3, -0.25) is 0 Å². The fourth-order valence-electron chi connectivity index (χ4n) is 1.26. The van der Waals surface area contributed by atoms with Gasteiger partial charge in [-0.25, -0.2) is 0 Å². The van der Waals surface area contributed by atoms with Crippen LogP contribution in [0.4, 0.5) is 0 Å². The van der Waals surface area contributed by atoms with Crippen molar-refractivity contribution in [2.75, 3.05) is 7.11 Å². The maximum atomic E-state index is 5.40. The van der Waals surface area contributed by atoms with Gasteiger partial charge < -0.3 is 4.74 Å². The van der Waals surface area contributed by atoms with Gasteiger partial charge in [0.05, 0.1) is 0 Å². The standard InChI is InChI=1S/C12H13IN2OS/c1-12(2,16-3)11-15-14-10(17-11)8-4-6-9(13)7-5-8/h4-7H,1-3H3. The molecule has 0 N–H and O–H groups in total. The Balaban J connectivity index is 2.33. The molecule has 0 radical (unpaired) electrons. The molecule has 17 heavy (non-hydrogen) atoms. The summed E-state index contributed by atoms with van der Waals surface area (Å²) in [5.41, 5.74) is 0.722. The first-order valence-corrected chi connectivity index (χ1v) is 7.07. The van der Waals surface area contributed by atoms with Crippen molar-refractivity contribution in [2.24, 2.45) is 0 Å². The molecule has 2 rings (SSSR count). The minimum Gasteiger partial charge on any atom is -0.372 e. The Kier molecular flexibility index (Phi) is 3.79. The SMILES string of the molecule is COC(C)(C)c1nnc(-c2ccc(I)cc2)s1. The molecule has 0 spiro atoms. The minimum atomic E-state index is -0.376. The Labute approximate surface area is 118 Å². The van der Waals surface area contributed by atoms with Crippen molar-refractivity contribution in [1.82, 2.24) is 10.2 Å². The summed E-state index contributed by atoms with van der Waals surface area (Å²) in [4.78, 5) is 0. The van der Waals surface area contributed by atoms with Crippen LogP contribution in [0, 0.1) is 3.57 Å². The van der Waals surface area contributed by atoms with Crippen molar-refractivity contribution in [2.45, 2.75) is 19.4 Å². The summed E-state index contributed by atoms with van der Waals surface area (Å²) in [6.45, 7) is 3.98. The fraction of sp³-hybridized carbons (Fsp3) is 0.333. The number of ether oxygens (including phenoxy) is 1. The summed E-state index contributed by atoms with van der Waals surface area (Å²) in [6.07, 6.45) is 0. The summed E-state index contributed by atoms with van der Waals surface area (Å²) in [6, 6.07) is 8.26. The molecule has 0 saturated carbocycles. The predicted molar refractivity (Wildman–Crippen MR) is 78.1 cm³/mol. The van der Waals surface area contributed by atoms with Crippen molar-refractivity contribution < 1.29 is 4.74 Å². The molecule has 0 aliphatic heterocycles. The highest BCUT2D eigenvalue weighted by Gasteiger charge is 2.24. The summed E-state index contributed by atoms with van der Waals surface area (Å²) >= 11 is 3.86. The molecule has 0 saturated heterocycles. The van der Waals surface area contributed by atoms with Gasteiger partial charge in [-0.1, -0.05) is 23.5 Å². The van der Waals surface area contributed by atoms with Crippen LogP contribution in [0.5, 0.6) is 0 Å². The van der Waals surface area contributed by atoms with E-state index in [1.807, 2.05) is 13.8 Å². The predicted octanol–water partition coefficient (Wildman–Crippen LogP) is 3.69. The highest BCUT2D eigenvalue weighted by molar-refractivity contribution is 14.1. The lowest BCUT2D eigenvalue weighted by molar-refractivity contribution is 0.0185. The smallest absolute Gasteiger partial charge is 0.149 e. The second-order valence-corrected chi connectivity index (χ2v) is 6.36. The van der Waals surface area contributed by atoms with Crippen LogP contribution in [-0.2, 0) is 10.3 Å². The molecule has 0 fully saturated rings. The van der Waals surface area contributed by atoms with Crippen molar-refractivity contribution in [3.8, 4) is 10.6 Å². The number of nitrogens with zero attached hydrogens (tertiary/aromatic N) is 2. The average Bonchev–Trinajstić information content (AvgIpc) is 2.80. The molecule has 0 amide bonds. The van der Waals surface area contributed by atoms with Gasteiger partial charge in [0.2, 0.25) is 0 Å². The summed E-state index contributed by atoms with van der Waals surface area (Å²) < 4.78 is 6.61. The van der Waals surface area contributed by atoms with Gasteiger partial charge in [-0.05, 0) is 48.6 Å². The largest absolute Gasteiger partial charge is 0.372 e. The second kappa shape index (κ2) is 4.99. The summed E-state index contributed by atoms with van der Waals surface area (Å²) in [5.74, 6) is 0. The average molecular weight is 360 g/mol. The number of benzene rings is 1. The van der Waals surface area contributed by atoms with E-state index in [0.717, 1.165) is 15.6 Å². The number of rotatable bonds is 3. The van der Waals surface area contributed by atoms with E-state index in [4.69, 9.17) is 4.74 Å². The first kappa shape index (κ1) is 12.9. The monoisotopic (exact) mass is 360 g/mol. The zero-order chi connectivity index (χ0) is 12.5. The minimum absolute atomic E-state index is 0.376. The highest BCUT2D eigenvalue weighted by Crippen LogP contribution is 2.31. The van der Waals surface area contributed by atoms with Crippen molar-refractivity contribution >= 4 is 33.9 Å². The molecule has 0 unspecified atom stereocenters. The van der Waals surface area contributed by atoms with Gasteiger partial charge in [-0.2, -0.15) is 0 Å². The first-order chi connectivity index (χ1) is 8.03. The van der Waals surface area contributed by atoms with Crippen molar-refractivity contribution in [3.63, 3.8) is 0 Å². The first-order valence-electron chi connectivity index (χ1n) is 5.18. The van der Waals surface area contributed by atoms with Gasteiger partial charge in [-0.15, -0.1) is 10.2 Å². The van der Waals surface area contributed by atoms with Gasteiger partial charge in [0.15, 0.2) is 0 Å². The Bertz CT molecular complexity index is 507. The van der Waals surface area contributed by atoms with E-state index < -0.39 is 0 Å². The van der Waals surface area contributed by atoms with Gasteiger partial charge in [0.25, 0.3) is 0 Å². The lowest BCUT2D eigenvalue weighted by atomic mass is 10.1. The van der Waals surface area contributed by atoms with Crippen LogP contribution in [0.25, 0.3) is 10.6 Å². The molecule has 1 aromatic heterocycles. The lowest BCUT2D eigenvalue weighted by Crippen LogP contribution is -2.18. The molecule has 0 aliphatic carbocycles. The van der Waals surface area contributed by atoms with Crippen LogP contribution in [0.3, 0.4) is 0 Å². The molecular weight excluding hydrogens is 347 g/mol. The van der Waals surface area contributed by atoms with Crippen LogP contribution >= 0.6 is 33.9 Å². The van der Waals surface area contributed by atoms with Gasteiger partial charge in [0.1, 0.15) is 15.6 Å². The third kappa shape index (κ3) is 2.83. The molecule has 2 aromatic rings. The quantitative estimate of drug-likeness (QED) is 0.783. The zero-order valence-electron chi connectivity index (χ0n) is 9.90. The van der Waals surface area contributed by atoms with E-state index in [-0.39, 0.29) is 5.60 Å². The Morgan fingerprint density at radius 3 is 2.41 bits per heavy atom. The molecule has 3 nitrogen and oxygen atoms in total. The molecule has 90 valence electrons. The maximum Gasteiger partial charge on any atom is 0.149 e. The Morgan fingerprint density at radius 2 is 1.82 bits per heavy atom. The maximum absolute atomic E-state index is 5.40. The zero-order valence-corrected chi connectivity index (χ0v) is 12.9. The Morgan fingerprint density at radius 1 is 1.18 bits per heavy atom. The van der Waals surface area contributed by atoms with Crippen molar-refractivity contribution in [1.29, 1.82) is 0 Å². The summed E-state index contributed by atoms with van der Waals surface area (Å²) in [7, 11) is 1.69. The number of hydrogen-bond donors (Lipinski definition) is 0. The van der Waals surface area contributed by atoms with E-state index in [1.54, 1.807) is 18.4 Å². The number of methoxy groups -OCH3 is 1. The van der Waals surface area contributed by atoms with Crippen LogP contribution in [-0.4, -0.2) is 17.3 Å². The molecule has 1 heterocycles. The number of aromatic nitrogens is 2. The van der Waals surface area contributed by atoms with Crippen LogP contribution in [0.15, 0.2) is 24.3 Å². The molecule has 0 atom stereocenters. The van der Waals surface area contributed by atoms with E-state index in [2.05, 4.69) is 57.1 Å². The normalized spacial score (nSPS) is 11.8. The van der Waals surface area contributed by atoms with E-state index in [0.29, 0.717) is 0 Å². The van der Waals surface area contributed by atoms with Gasteiger partial charge in [0, 0.05) is 16.2 Å². The molecule has 1 aromatic carbocycles. The number of hydrogen-bond acceptors (Lipinski definition) is 4. The molecular formula is C12H13IN2OS. The van der Waals surface area contributed by atoms with Crippen molar-refractivity contribution in [3.05, 3.63) is 32.8 Å². The van der Waals surface area contributed by atoms with E-state index >= 15 is 0 Å².